The molecule has 0 bridgehead atoms. The fourth-order valence-electron chi connectivity index (χ4n) is 0.998. The molecule has 0 unspecified atom stereocenters. The average molecular weight is 179 g/mol. The van der Waals surface area contributed by atoms with Gasteiger partial charge in [-0.1, -0.05) is 0 Å². The normalized spacial score (nSPS) is 10.3. The monoisotopic (exact) mass is 179 g/mol. The zero-order chi connectivity index (χ0) is 9.26. The Morgan fingerprint density at radius 1 is 1.38 bits per heavy atom. The van der Waals surface area contributed by atoms with Gasteiger partial charge in [-0.2, -0.15) is 0 Å². The van der Waals surface area contributed by atoms with Crippen molar-refractivity contribution in [1.29, 1.82) is 0 Å². The summed E-state index contributed by atoms with van der Waals surface area (Å²) in [5, 5.41) is 24.5. The summed E-state index contributed by atoms with van der Waals surface area (Å²) in [4.78, 5) is 0. The van der Waals surface area contributed by atoms with E-state index in [1.165, 1.54) is 6.33 Å². The molecule has 2 heterocycles. The number of rotatable bonds is 2. The van der Waals surface area contributed by atoms with Crippen LogP contribution in [0.1, 0.15) is 0 Å². The van der Waals surface area contributed by atoms with Gasteiger partial charge in [0.1, 0.15) is 12.1 Å². The SMILES string of the molecule is OB(O)Oc1ccc2nncn2c1. The lowest BCUT2D eigenvalue weighted by Crippen LogP contribution is -2.20. The van der Waals surface area contributed by atoms with E-state index in [4.69, 9.17) is 10.0 Å². The lowest BCUT2D eigenvalue weighted by Gasteiger charge is -2.03. The first-order valence-electron chi connectivity index (χ1n) is 3.58. The first-order chi connectivity index (χ1) is 6.25. The molecule has 13 heavy (non-hydrogen) atoms. The van der Waals surface area contributed by atoms with Crippen molar-refractivity contribution in [2.24, 2.45) is 0 Å². The summed E-state index contributed by atoms with van der Waals surface area (Å²) in [6.45, 7) is 0. The van der Waals surface area contributed by atoms with Gasteiger partial charge in [-0.15, -0.1) is 10.2 Å². The van der Waals surface area contributed by atoms with Gasteiger partial charge in [-0.05, 0) is 12.1 Å². The third-order valence-corrected chi connectivity index (χ3v) is 1.51. The molecule has 0 aliphatic carbocycles. The summed E-state index contributed by atoms with van der Waals surface area (Å²) >= 11 is 0. The van der Waals surface area contributed by atoms with E-state index in [1.807, 2.05) is 0 Å². The van der Waals surface area contributed by atoms with Gasteiger partial charge in [-0.3, -0.25) is 4.40 Å². The first-order valence-corrected chi connectivity index (χ1v) is 3.58. The van der Waals surface area contributed by atoms with Crippen LogP contribution >= 0.6 is 0 Å². The standard InChI is InChI=1S/C6H6BN3O3/c11-7(12)13-5-1-2-6-9-8-4-10(6)3-5/h1-4,11-12H. The minimum atomic E-state index is -1.81. The lowest BCUT2D eigenvalue weighted by atomic mass is 10.2. The van der Waals surface area contributed by atoms with Gasteiger partial charge >= 0.3 is 7.32 Å². The van der Waals surface area contributed by atoms with Gasteiger partial charge in [0.05, 0.1) is 6.20 Å². The van der Waals surface area contributed by atoms with E-state index in [9.17, 15) is 0 Å². The van der Waals surface area contributed by atoms with Crippen LogP contribution in [-0.2, 0) is 0 Å². The topological polar surface area (TPSA) is 79.9 Å². The molecular weight excluding hydrogens is 173 g/mol. The Kier molecular flexibility index (Phi) is 1.88. The molecule has 2 aromatic heterocycles. The van der Waals surface area contributed by atoms with Crippen molar-refractivity contribution in [1.82, 2.24) is 14.6 Å². The van der Waals surface area contributed by atoms with Crippen molar-refractivity contribution in [2.75, 3.05) is 0 Å². The molecule has 6 nitrogen and oxygen atoms in total. The molecule has 0 aliphatic rings. The number of pyridine rings is 1. The van der Waals surface area contributed by atoms with Crippen molar-refractivity contribution in [3.8, 4) is 5.75 Å². The largest absolute Gasteiger partial charge is 0.707 e. The molecule has 2 aromatic rings. The van der Waals surface area contributed by atoms with Gasteiger partial charge in [0.15, 0.2) is 5.65 Å². The highest BCUT2D eigenvalue weighted by Gasteiger charge is 2.11. The molecule has 0 amide bonds. The molecule has 0 spiro atoms. The smallest absolute Gasteiger partial charge is 0.511 e. The maximum absolute atomic E-state index is 8.52. The maximum atomic E-state index is 8.52. The van der Waals surface area contributed by atoms with Crippen LogP contribution in [0.25, 0.3) is 5.65 Å². The molecule has 2 N–H and O–H groups in total. The molecule has 0 fully saturated rings. The van der Waals surface area contributed by atoms with Crippen LogP contribution in [0.4, 0.5) is 0 Å². The summed E-state index contributed by atoms with van der Waals surface area (Å²) in [5.74, 6) is 0.335. The van der Waals surface area contributed by atoms with E-state index in [-0.39, 0.29) is 0 Å². The highest BCUT2D eigenvalue weighted by molar-refractivity contribution is 6.33. The van der Waals surface area contributed by atoms with Crippen molar-refractivity contribution < 1.29 is 14.7 Å². The van der Waals surface area contributed by atoms with E-state index in [2.05, 4.69) is 14.9 Å². The van der Waals surface area contributed by atoms with Crippen LogP contribution < -0.4 is 4.65 Å². The second-order valence-corrected chi connectivity index (χ2v) is 2.41. The van der Waals surface area contributed by atoms with Crippen LogP contribution in [0, 0.1) is 0 Å². The number of hydrogen-bond donors (Lipinski definition) is 2. The van der Waals surface area contributed by atoms with Crippen molar-refractivity contribution in [3.05, 3.63) is 24.7 Å². The highest BCUT2D eigenvalue weighted by Crippen LogP contribution is 2.11. The summed E-state index contributed by atoms with van der Waals surface area (Å²) < 4.78 is 6.24. The van der Waals surface area contributed by atoms with Gasteiger partial charge in [0, 0.05) is 0 Å². The number of nitrogens with zero attached hydrogens (tertiary/aromatic N) is 3. The first kappa shape index (κ1) is 8.02. The average Bonchev–Trinajstić information content (AvgIpc) is 2.49. The van der Waals surface area contributed by atoms with E-state index >= 15 is 0 Å². The Morgan fingerprint density at radius 2 is 2.23 bits per heavy atom. The maximum Gasteiger partial charge on any atom is 0.707 e. The number of aromatic nitrogens is 3. The summed E-state index contributed by atoms with van der Waals surface area (Å²) in [6, 6.07) is 3.23. The van der Waals surface area contributed by atoms with Crippen LogP contribution in [0.15, 0.2) is 24.7 Å². The molecule has 0 saturated carbocycles. The fourth-order valence-corrected chi connectivity index (χ4v) is 0.998. The van der Waals surface area contributed by atoms with E-state index in [1.54, 1.807) is 22.7 Å². The second kappa shape index (κ2) is 3.04. The molecule has 7 heteroatoms. The van der Waals surface area contributed by atoms with Crippen LogP contribution in [-0.4, -0.2) is 32.0 Å². The summed E-state index contributed by atoms with van der Waals surface area (Å²) in [7, 11) is -1.81. The Bertz CT molecular complexity index is 416. The van der Waals surface area contributed by atoms with Crippen LogP contribution in [0.3, 0.4) is 0 Å². The van der Waals surface area contributed by atoms with Gasteiger partial charge in [-0.25, -0.2) is 0 Å². The molecule has 0 aromatic carbocycles. The second-order valence-electron chi connectivity index (χ2n) is 2.41. The number of fused-ring (bicyclic) bond motifs is 1. The molecule has 0 radical (unpaired) electrons. The molecule has 66 valence electrons. The van der Waals surface area contributed by atoms with Crippen molar-refractivity contribution in [2.45, 2.75) is 0 Å². The zero-order valence-corrected chi connectivity index (χ0v) is 6.53. The van der Waals surface area contributed by atoms with E-state index in [0.29, 0.717) is 11.4 Å². The Balaban J connectivity index is 2.37. The third kappa shape index (κ3) is 1.60. The zero-order valence-electron chi connectivity index (χ0n) is 6.53. The molecule has 2 rings (SSSR count). The third-order valence-electron chi connectivity index (χ3n) is 1.51. The Hall–Kier alpha value is -1.60. The Morgan fingerprint density at radius 3 is 3.00 bits per heavy atom. The van der Waals surface area contributed by atoms with Crippen LogP contribution in [0.5, 0.6) is 5.75 Å². The van der Waals surface area contributed by atoms with E-state index < -0.39 is 7.32 Å². The summed E-state index contributed by atoms with van der Waals surface area (Å²) in [5.41, 5.74) is 0.666. The van der Waals surface area contributed by atoms with Gasteiger partial charge in [0.25, 0.3) is 0 Å². The van der Waals surface area contributed by atoms with Crippen molar-refractivity contribution in [3.63, 3.8) is 0 Å². The van der Waals surface area contributed by atoms with E-state index in [0.717, 1.165) is 0 Å². The molecule has 0 aliphatic heterocycles. The predicted molar refractivity (Wildman–Crippen MR) is 43.8 cm³/mol. The van der Waals surface area contributed by atoms with Gasteiger partial charge in [0.2, 0.25) is 0 Å². The molecular formula is C6H6BN3O3. The minimum Gasteiger partial charge on any atom is -0.511 e. The highest BCUT2D eigenvalue weighted by atomic mass is 16.6. The van der Waals surface area contributed by atoms with Gasteiger partial charge < -0.3 is 14.7 Å². The minimum absolute atomic E-state index is 0.335. The quantitative estimate of drug-likeness (QED) is 0.582. The Labute approximate surface area is 73.6 Å². The molecule has 0 atom stereocenters. The van der Waals surface area contributed by atoms with Crippen LogP contribution in [0.2, 0.25) is 0 Å². The lowest BCUT2D eigenvalue weighted by molar-refractivity contribution is 0.287. The predicted octanol–water partition coefficient (Wildman–Crippen LogP) is -0.922. The fraction of sp³-hybridized carbons (Fsp3) is 0. The number of hydrogen-bond acceptors (Lipinski definition) is 5. The summed E-state index contributed by atoms with van der Waals surface area (Å²) in [6.07, 6.45) is 3.04. The van der Waals surface area contributed by atoms with Crippen molar-refractivity contribution >= 4 is 13.0 Å². The molecule has 0 saturated heterocycles.